The molecule has 2 N–H and O–H groups in total. The molecule has 0 aliphatic carbocycles. The Hall–Kier alpha value is -0.690. The Morgan fingerprint density at radius 1 is 1.35 bits per heavy atom. The first-order valence-electron chi connectivity index (χ1n) is 7.11. The summed E-state index contributed by atoms with van der Waals surface area (Å²) >= 11 is 0. The molecule has 4 atom stereocenters. The Balaban J connectivity index is 2.58. The van der Waals surface area contributed by atoms with Gasteiger partial charge in [0.2, 0.25) is 0 Å². The molecule has 1 aliphatic heterocycles. The molecule has 0 spiro atoms. The van der Waals surface area contributed by atoms with Crippen molar-refractivity contribution in [1.82, 2.24) is 4.90 Å². The lowest BCUT2D eigenvalue weighted by atomic mass is 9.94. The Morgan fingerprint density at radius 2 is 1.85 bits per heavy atom. The summed E-state index contributed by atoms with van der Waals surface area (Å²) in [4.78, 5) is 14.1. The summed E-state index contributed by atoms with van der Waals surface area (Å²) in [5, 5.41) is 0. The molecule has 0 saturated carbocycles. The van der Waals surface area contributed by atoms with Crippen LogP contribution in [0, 0.1) is 0 Å². The Kier molecular flexibility index (Phi) is 6.39. The van der Waals surface area contributed by atoms with E-state index in [2.05, 4.69) is 11.8 Å². The zero-order valence-electron chi connectivity index (χ0n) is 13.2. The van der Waals surface area contributed by atoms with Gasteiger partial charge in [-0.15, -0.1) is 0 Å². The van der Waals surface area contributed by atoms with Gasteiger partial charge in [-0.2, -0.15) is 0 Å². The van der Waals surface area contributed by atoms with Gasteiger partial charge in [0, 0.05) is 33.4 Å². The summed E-state index contributed by atoms with van der Waals surface area (Å²) < 4.78 is 15.9. The highest BCUT2D eigenvalue weighted by atomic mass is 16.5. The van der Waals surface area contributed by atoms with Gasteiger partial charge in [-0.05, 0) is 27.2 Å². The molecule has 118 valence electrons. The fourth-order valence-corrected chi connectivity index (χ4v) is 2.71. The predicted molar refractivity (Wildman–Crippen MR) is 76.5 cm³/mol. The van der Waals surface area contributed by atoms with Crippen LogP contribution in [0.2, 0.25) is 0 Å². The summed E-state index contributed by atoms with van der Waals surface area (Å²) in [7, 11) is 3.38. The molecule has 4 unspecified atom stereocenters. The van der Waals surface area contributed by atoms with Gasteiger partial charge in [0.15, 0.2) is 0 Å². The summed E-state index contributed by atoms with van der Waals surface area (Å²) in [6.45, 7) is 7.49. The largest absolute Gasteiger partial charge is 0.465 e. The van der Waals surface area contributed by atoms with E-state index in [1.165, 1.54) is 0 Å². The van der Waals surface area contributed by atoms with Crippen LogP contribution in [-0.4, -0.2) is 68.6 Å². The van der Waals surface area contributed by atoms with Crippen LogP contribution < -0.4 is 5.73 Å². The minimum Gasteiger partial charge on any atom is -0.465 e. The first-order valence-corrected chi connectivity index (χ1v) is 7.11. The number of nitrogens with zero attached hydrogens (tertiary/aromatic N) is 1. The van der Waals surface area contributed by atoms with Crippen molar-refractivity contribution in [3.63, 3.8) is 0 Å². The van der Waals surface area contributed by atoms with E-state index < -0.39 is 5.54 Å². The van der Waals surface area contributed by atoms with Crippen molar-refractivity contribution in [1.29, 1.82) is 0 Å². The summed E-state index contributed by atoms with van der Waals surface area (Å²) in [5.74, 6) is -0.349. The monoisotopic (exact) mass is 288 g/mol. The second-order valence-corrected chi connectivity index (χ2v) is 5.69. The third kappa shape index (κ3) is 4.15. The average molecular weight is 288 g/mol. The average Bonchev–Trinajstić information content (AvgIpc) is 2.81. The van der Waals surface area contributed by atoms with Crippen LogP contribution >= 0.6 is 0 Å². The van der Waals surface area contributed by atoms with E-state index in [0.29, 0.717) is 13.0 Å². The van der Waals surface area contributed by atoms with Crippen molar-refractivity contribution >= 4 is 5.97 Å². The third-order valence-corrected chi connectivity index (χ3v) is 3.93. The zero-order chi connectivity index (χ0) is 15.3. The second-order valence-electron chi connectivity index (χ2n) is 5.69. The molecule has 0 bridgehead atoms. The number of rotatable bonds is 7. The number of carbonyl (C=O) groups is 1. The first-order chi connectivity index (χ1) is 9.35. The molecular formula is C14H28N2O4. The Bertz CT molecular complexity index is 310. The standard InChI is InChI=1S/C14H28N2O4/c1-6-20-13(17)14(3,15)7-10(2)16-8-11(18-4)12(9-16)19-5/h10-12H,6-9,15H2,1-5H3. The van der Waals surface area contributed by atoms with Gasteiger partial charge < -0.3 is 19.9 Å². The number of carbonyl (C=O) groups excluding carboxylic acids is 1. The molecule has 1 rings (SSSR count). The quantitative estimate of drug-likeness (QED) is 0.683. The number of methoxy groups -OCH3 is 2. The van der Waals surface area contributed by atoms with Gasteiger partial charge in [0.25, 0.3) is 0 Å². The fraction of sp³-hybridized carbons (Fsp3) is 0.929. The maximum atomic E-state index is 11.8. The molecule has 1 heterocycles. The number of hydrogen-bond acceptors (Lipinski definition) is 6. The van der Waals surface area contributed by atoms with Gasteiger partial charge in [-0.25, -0.2) is 0 Å². The van der Waals surface area contributed by atoms with Crippen molar-refractivity contribution in [2.75, 3.05) is 33.9 Å². The van der Waals surface area contributed by atoms with Crippen molar-refractivity contribution in [2.45, 2.75) is 51.0 Å². The van der Waals surface area contributed by atoms with Gasteiger partial charge in [-0.3, -0.25) is 9.69 Å². The van der Waals surface area contributed by atoms with Gasteiger partial charge >= 0.3 is 5.97 Å². The van der Waals surface area contributed by atoms with Crippen LogP contribution in [0.5, 0.6) is 0 Å². The highest BCUT2D eigenvalue weighted by molar-refractivity contribution is 5.80. The third-order valence-electron chi connectivity index (χ3n) is 3.93. The Morgan fingerprint density at radius 3 is 2.25 bits per heavy atom. The molecule has 0 aromatic heterocycles. The van der Waals surface area contributed by atoms with E-state index in [1.54, 1.807) is 28.1 Å². The molecule has 6 nitrogen and oxygen atoms in total. The SMILES string of the molecule is CCOC(=O)C(C)(N)CC(C)N1CC(OC)C(OC)C1. The summed E-state index contributed by atoms with van der Waals surface area (Å²) in [5.41, 5.74) is 5.12. The highest BCUT2D eigenvalue weighted by Gasteiger charge is 2.39. The molecule has 1 fully saturated rings. The van der Waals surface area contributed by atoms with Crippen LogP contribution in [0.1, 0.15) is 27.2 Å². The minimum atomic E-state index is -0.969. The van der Waals surface area contributed by atoms with E-state index in [0.717, 1.165) is 13.1 Å². The van der Waals surface area contributed by atoms with E-state index in [-0.39, 0.29) is 24.2 Å². The van der Waals surface area contributed by atoms with Crippen LogP contribution in [0.25, 0.3) is 0 Å². The van der Waals surface area contributed by atoms with Crippen LogP contribution in [0.15, 0.2) is 0 Å². The predicted octanol–water partition coefficient (Wildman–Crippen LogP) is 0.391. The van der Waals surface area contributed by atoms with E-state index in [9.17, 15) is 4.79 Å². The minimum absolute atomic E-state index is 0.0640. The molecular weight excluding hydrogens is 260 g/mol. The highest BCUT2D eigenvalue weighted by Crippen LogP contribution is 2.22. The summed E-state index contributed by atoms with van der Waals surface area (Å²) in [6, 6.07) is 0.159. The van der Waals surface area contributed by atoms with Crippen molar-refractivity contribution in [3.8, 4) is 0 Å². The van der Waals surface area contributed by atoms with Gasteiger partial charge in [0.05, 0.1) is 18.8 Å². The molecule has 0 amide bonds. The van der Waals surface area contributed by atoms with Crippen molar-refractivity contribution in [3.05, 3.63) is 0 Å². The zero-order valence-corrected chi connectivity index (χ0v) is 13.2. The van der Waals surface area contributed by atoms with Gasteiger partial charge in [0.1, 0.15) is 5.54 Å². The fourth-order valence-electron chi connectivity index (χ4n) is 2.71. The maximum Gasteiger partial charge on any atom is 0.325 e. The normalized spacial score (nSPS) is 28.1. The lowest BCUT2D eigenvalue weighted by Crippen LogP contribution is -2.51. The maximum absolute atomic E-state index is 11.8. The Labute approximate surface area is 121 Å². The molecule has 0 aromatic carbocycles. The second kappa shape index (κ2) is 7.36. The van der Waals surface area contributed by atoms with Gasteiger partial charge in [-0.1, -0.05) is 0 Å². The number of ether oxygens (including phenoxy) is 3. The number of hydrogen-bond donors (Lipinski definition) is 1. The molecule has 0 aromatic rings. The number of esters is 1. The van der Waals surface area contributed by atoms with Crippen LogP contribution in [0.3, 0.4) is 0 Å². The van der Waals surface area contributed by atoms with E-state index in [1.807, 2.05) is 0 Å². The molecule has 6 heteroatoms. The summed E-state index contributed by atoms with van der Waals surface area (Å²) in [6.07, 6.45) is 0.668. The molecule has 1 aliphatic rings. The van der Waals surface area contributed by atoms with Crippen LogP contribution in [0.4, 0.5) is 0 Å². The van der Waals surface area contributed by atoms with Crippen molar-refractivity contribution < 1.29 is 19.0 Å². The topological polar surface area (TPSA) is 74.0 Å². The lowest BCUT2D eigenvalue weighted by molar-refractivity contribution is -0.149. The molecule has 0 radical (unpaired) electrons. The molecule has 20 heavy (non-hydrogen) atoms. The number of likely N-dealkylation sites (tertiary alicyclic amines) is 1. The van der Waals surface area contributed by atoms with Crippen LogP contribution in [-0.2, 0) is 19.0 Å². The number of nitrogens with two attached hydrogens (primary N) is 1. The van der Waals surface area contributed by atoms with E-state index >= 15 is 0 Å². The van der Waals surface area contributed by atoms with Crippen molar-refractivity contribution in [2.24, 2.45) is 5.73 Å². The lowest BCUT2D eigenvalue weighted by Gasteiger charge is -2.31. The first kappa shape index (κ1) is 17.4. The van der Waals surface area contributed by atoms with E-state index in [4.69, 9.17) is 19.9 Å². The smallest absolute Gasteiger partial charge is 0.325 e. The molecule has 1 saturated heterocycles.